The normalized spacial score (nSPS) is 13.7. The summed E-state index contributed by atoms with van der Waals surface area (Å²) >= 11 is 0. The Morgan fingerprint density at radius 2 is 1.36 bits per heavy atom. The van der Waals surface area contributed by atoms with E-state index in [-0.39, 0.29) is 17.3 Å². The lowest BCUT2D eigenvalue weighted by atomic mass is 10.1. The fourth-order valence-electron chi connectivity index (χ4n) is 4.97. The van der Waals surface area contributed by atoms with E-state index in [1.54, 1.807) is 54.6 Å². The number of anilines is 1. The first-order valence-corrected chi connectivity index (χ1v) is 14.7. The molecule has 4 aromatic rings. The maximum absolute atomic E-state index is 13.9. The van der Waals surface area contributed by atoms with Crippen LogP contribution in [0.4, 0.5) is 5.69 Å². The summed E-state index contributed by atoms with van der Waals surface area (Å²) in [6.07, 6.45) is 2.49. The Bertz CT molecular complexity index is 1500. The van der Waals surface area contributed by atoms with Crippen LogP contribution in [0.2, 0.25) is 0 Å². The number of rotatable bonds is 10. The average molecular weight is 540 g/mol. The van der Waals surface area contributed by atoms with E-state index in [0.29, 0.717) is 17.8 Å². The number of nitrogens with one attached hydrogen (secondary N) is 1. The van der Waals surface area contributed by atoms with Crippen molar-refractivity contribution in [1.29, 1.82) is 0 Å². The number of carbonyl (C=O) groups excluding carboxylic acids is 1. The van der Waals surface area contributed by atoms with E-state index in [1.807, 2.05) is 42.5 Å². The molecule has 0 bridgehead atoms. The Balaban J connectivity index is 1.40. The van der Waals surface area contributed by atoms with Gasteiger partial charge < -0.3 is 5.32 Å². The van der Waals surface area contributed by atoms with Gasteiger partial charge in [0.1, 0.15) is 0 Å². The van der Waals surface area contributed by atoms with Gasteiger partial charge in [-0.05, 0) is 66.9 Å². The van der Waals surface area contributed by atoms with Crippen LogP contribution in [0.25, 0.3) is 0 Å². The number of nitrogens with zero attached hydrogens (tertiary/aromatic N) is 2. The first-order valence-electron chi connectivity index (χ1n) is 13.3. The van der Waals surface area contributed by atoms with Crippen molar-refractivity contribution in [3.8, 4) is 0 Å². The molecule has 0 aromatic heterocycles. The van der Waals surface area contributed by atoms with Crippen molar-refractivity contribution in [3.63, 3.8) is 0 Å². The van der Waals surface area contributed by atoms with Crippen molar-refractivity contribution in [3.05, 3.63) is 131 Å². The molecule has 6 nitrogen and oxygen atoms in total. The average Bonchev–Trinajstić information content (AvgIpc) is 3.49. The van der Waals surface area contributed by atoms with Crippen LogP contribution in [0.1, 0.15) is 39.9 Å². The minimum Gasteiger partial charge on any atom is -0.348 e. The van der Waals surface area contributed by atoms with Crippen LogP contribution in [0.5, 0.6) is 0 Å². The number of benzene rings is 4. The SMILES string of the molecule is O=C(NCc1cccc(CN2CCCC2)c1)c1ccccc1N(Cc1ccccc1)S(=O)(=O)c1ccccc1. The molecule has 0 atom stereocenters. The van der Waals surface area contributed by atoms with Gasteiger partial charge in [-0.2, -0.15) is 0 Å². The van der Waals surface area contributed by atoms with E-state index in [1.165, 1.54) is 22.7 Å². The van der Waals surface area contributed by atoms with Gasteiger partial charge in [0.05, 0.1) is 22.7 Å². The summed E-state index contributed by atoms with van der Waals surface area (Å²) in [5, 5.41) is 3.01. The molecule has 1 amide bonds. The third-order valence-corrected chi connectivity index (χ3v) is 8.74. The zero-order chi connectivity index (χ0) is 27.1. The number of amides is 1. The largest absolute Gasteiger partial charge is 0.348 e. The Morgan fingerprint density at radius 1 is 0.744 bits per heavy atom. The van der Waals surface area contributed by atoms with Gasteiger partial charge in [-0.25, -0.2) is 8.42 Å². The molecule has 200 valence electrons. The van der Waals surface area contributed by atoms with Crippen LogP contribution >= 0.6 is 0 Å². The van der Waals surface area contributed by atoms with Gasteiger partial charge in [0, 0.05) is 13.1 Å². The molecule has 39 heavy (non-hydrogen) atoms. The van der Waals surface area contributed by atoms with Gasteiger partial charge in [-0.15, -0.1) is 0 Å². The molecule has 1 saturated heterocycles. The summed E-state index contributed by atoms with van der Waals surface area (Å²) < 4.78 is 29.0. The number of para-hydroxylation sites is 1. The second-order valence-electron chi connectivity index (χ2n) is 9.81. The standard InChI is InChI=1S/C32H33N3O3S/c36-32(33-23-27-14-11-15-28(22-27)24-34-20-9-10-21-34)30-18-7-8-19-31(30)35(25-26-12-3-1-4-13-26)39(37,38)29-16-5-2-6-17-29/h1-8,11-19,22H,9-10,20-21,23-25H2,(H,33,36). The number of sulfonamides is 1. The minimum atomic E-state index is -3.94. The zero-order valence-corrected chi connectivity index (χ0v) is 22.7. The van der Waals surface area contributed by atoms with Crippen molar-refractivity contribution >= 4 is 21.6 Å². The van der Waals surface area contributed by atoms with E-state index >= 15 is 0 Å². The molecular weight excluding hydrogens is 506 g/mol. The highest BCUT2D eigenvalue weighted by Gasteiger charge is 2.28. The van der Waals surface area contributed by atoms with Crippen LogP contribution in [0.3, 0.4) is 0 Å². The second-order valence-corrected chi connectivity index (χ2v) is 11.7. The molecule has 5 rings (SSSR count). The third kappa shape index (κ3) is 6.56. The van der Waals surface area contributed by atoms with Crippen molar-refractivity contribution < 1.29 is 13.2 Å². The lowest BCUT2D eigenvalue weighted by molar-refractivity contribution is 0.0951. The Hall–Kier alpha value is -3.94. The van der Waals surface area contributed by atoms with Crippen molar-refractivity contribution in [2.75, 3.05) is 17.4 Å². The maximum Gasteiger partial charge on any atom is 0.264 e. The lowest BCUT2D eigenvalue weighted by Gasteiger charge is -2.26. The van der Waals surface area contributed by atoms with Gasteiger partial charge in [-0.3, -0.25) is 14.0 Å². The van der Waals surface area contributed by atoms with Crippen molar-refractivity contribution in [1.82, 2.24) is 10.2 Å². The fourth-order valence-corrected chi connectivity index (χ4v) is 6.46. The molecule has 1 heterocycles. The molecule has 1 aliphatic heterocycles. The van der Waals surface area contributed by atoms with Gasteiger partial charge in [0.2, 0.25) is 0 Å². The van der Waals surface area contributed by atoms with E-state index in [9.17, 15) is 13.2 Å². The van der Waals surface area contributed by atoms with Crippen LogP contribution in [-0.4, -0.2) is 32.3 Å². The quantitative estimate of drug-likeness (QED) is 0.285. The molecule has 0 radical (unpaired) electrons. The Morgan fingerprint density at radius 3 is 2.10 bits per heavy atom. The predicted octanol–water partition coefficient (Wildman–Crippen LogP) is 5.61. The number of hydrogen-bond acceptors (Lipinski definition) is 4. The van der Waals surface area contributed by atoms with Crippen molar-refractivity contribution in [2.45, 2.75) is 37.4 Å². The second kappa shape index (κ2) is 12.3. The monoisotopic (exact) mass is 539 g/mol. The van der Waals surface area contributed by atoms with Crippen LogP contribution in [0.15, 0.2) is 114 Å². The van der Waals surface area contributed by atoms with Gasteiger partial charge in [0.25, 0.3) is 15.9 Å². The molecule has 0 unspecified atom stereocenters. The molecule has 0 saturated carbocycles. The maximum atomic E-state index is 13.9. The summed E-state index contributed by atoms with van der Waals surface area (Å²) in [6, 6.07) is 32.9. The van der Waals surface area contributed by atoms with Crippen molar-refractivity contribution in [2.24, 2.45) is 0 Å². The smallest absolute Gasteiger partial charge is 0.264 e. The fraction of sp³-hybridized carbons (Fsp3) is 0.219. The molecule has 1 aliphatic rings. The van der Waals surface area contributed by atoms with E-state index in [2.05, 4.69) is 22.3 Å². The minimum absolute atomic E-state index is 0.0981. The Kier molecular flexibility index (Phi) is 8.39. The van der Waals surface area contributed by atoms with E-state index in [4.69, 9.17) is 0 Å². The summed E-state index contributed by atoms with van der Waals surface area (Å²) in [5.41, 5.74) is 3.70. The van der Waals surface area contributed by atoms with E-state index in [0.717, 1.165) is 30.8 Å². The Labute approximate surface area is 231 Å². The molecule has 4 aromatic carbocycles. The van der Waals surface area contributed by atoms with Crippen LogP contribution in [0, 0.1) is 0 Å². The van der Waals surface area contributed by atoms with Gasteiger partial charge >= 0.3 is 0 Å². The number of likely N-dealkylation sites (tertiary alicyclic amines) is 1. The zero-order valence-electron chi connectivity index (χ0n) is 21.9. The summed E-state index contributed by atoms with van der Waals surface area (Å²) in [4.78, 5) is 16.1. The van der Waals surface area contributed by atoms with Crippen LogP contribution < -0.4 is 9.62 Å². The number of carbonyl (C=O) groups is 1. The van der Waals surface area contributed by atoms with Crippen LogP contribution in [-0.2, 0) is 29.7 Å². The van der Waals surface area contributed by atoms with Gasteiger partial charge in [-0.1, -0.05) is 84.9 Å². The molecule has 0 aliphatic carbocycles. The topological polar surface area (TPSA) is 69.7 Å². The third-order valence-electron chi connectivity index (χ3n) is 6.97. The molecule has 0 spiro atoms. The molecule has 1 N–H and O–H groups in total. The van der Waals surface area contributed by atoms with Gasteiger partial charge in [0.15, 0.2) is 0 Å². The highest BCUT2D eigenvalue weighted by atomic mass is 32.2. The van der Waals surface area contributed by atoms with E-state index < -0.39 is 10.0 Å². The lowest BCUT2D eigenvalue weighted by Crippen LogP contribution is -2.33. The number of hydrogen-bond donors (Lipinski definition) is 1. The summed E-state index contributed by atoms with van der Waals surface area (Å²) in [7, 11) is -3.94. The first-order chi connectivity index (χ1) is 19.0. The predicted molar refractivity (Wildman–Crippen MR) is 155 cm³/mol. The molecular formula is C32H33N3O3S. The molecule has 1 fully saturated rings. The summed E-state index contributed by atoms with van der Waals surface area (Å²) in [5.74, 6) is -0.322. The summed E-state index contributed by atoms with van der Waals surface area (Å²) in [6.45, 7) is 3.62. The first kappa shape index (κ1) is 26.7. The molecule has 7 heteroatoms. The highest BCUT2D eigenvalue weighted by molar-refractivity contribution is 7.92. The highest BCUT2D eigenvalue weighted by Crippen LogP contribution is 2.29.